The van der Waals surface area contributed by atoms with Gasteiger partial charge < -0.3 is 14.2 Å². The van der Waals surface area contributed by atoms with Crippen LogP contribution in [0.2, 0.25) is 0 Å². The van der Waals surface area contributed by atoms with E-state index in [1.807, 2.05) is 0 Å². The van der Waals surface area contributed by atoms with Gasteiger partial charge in [0.2, 0.25) is 0 Å². The predicted molar refractivity (Wildman–Crippen MR) is 224 cm³/mol. The lowest BCUT2D eigenvalue weighted by Gasteiger charge is -2.18. The first-order valence-electron chi connectivity index (χ1n) is 23.4. The van der Waals surface area contributed by atoms with Gasteiger partial charge in [-0.3, -0.25) is 14.4 Å². The third-order valence-corrected chi connectivity index (χ3v) is 10.5. The van der Waals surface area contributed by atoms with E-state index in [0.29, 0.717) is 19.3 Å². The largest absolute Gasteiger partial charge is 0.462 e. The van der Waals surface area contributed by atoms with E-state index in [-0.39, 0.29) is 31.1 Å². The summed E-state index contributed by atoms with van der Waals surface area (Å²) in [5.74, 6) is -0.0111. The molecule has 53 heavy (non-hydrogen) atoms. The second kappa shape index (κ2) is 41.6. The fraction of sp³-hybridized carbons (Fsp3) is 0.936. The molecule has 0 N–H and O–H groups in total. The fourth-order valence-corrected chi connectivity index (χ4v) is 6.98. The van der Waals surface area contributed by atoms with Crippen molar-refractivity contribution in [2.75, 3.05) is 13.2 Å². The average Bonchev–Trinajstić information content (AvgIpc) is 3.14. The van der Waals surface area contributed by atoms with E-state index < -0.39 is 6.10 Å². The fourth-order valence-electron chi connectivity index (χ4n) is 6.98. The van der Waals surface area contributed by atoms with Gasteiger partial charge in [0.25, 0.3) is 0 Å². The van der Waals surface area contributed by atoms with Gasteiger partial charge in [-0.15, -0.1) is 0 Å². The first kappa shape index (κ1) is 51.4. The first-order valence-corrected chi connectivity index (χ1v) is 23.4. The van der Waals surface area contributed by atoms with Crippen LogP contribution in [0.25, 0.3) is 0 Å². The number of hydrogen-bond acceptors (Lipinski definition) is 6. The van der Waals surface area contributed by atoms with Crippen LogP contribution in [0.5, 0.6) is 0 Å². The highest BCUT2D eigenvalue weighted by Gasteiger charge is 2.19. The van der Waals surface area contributed by atoms with Crippen LogP contribution in [0.3, 0.4) is 0 Å². The Morgan fingerprint density at radius 1 is 0.358 bits per heavy atom. The third-order valence-electron chi connectivity index (χ3n) is 10.5. The molecular weight excluding hydrogens is 661 g/mol. The molecule has 0 spiro atoms. The van der Waals surface area contributed by atoms with Crippen LogP contribution in [0.15, 0.2) is 0 Å². The number of esters is 3. The summed E-state index contributed by atoms with van der Waals surface area (Å²) in [6, 6.07) is 0. The van der Waals surface area contributed by atoms with Crippen molar-refractivity contribution in [2.24, 2.45) is 5.92 Å². The Morgan fingerprint density at radius 2 is 0.623 bits per heavy atom. The summed E-state index contributed by atoms with van der Waals surface area (Å²) in [7, 11) is 0. The van der Waals surface area contributed by atoms with Crippen molar-refractivity contribution in [1.82, 2.24) is 0 Å². The summed E-state index contributed by atoms with van der Waals surface area (Å²) < 4.78 is 16.7. The van der Waals surface area contributed by atoms with E-state index in [9.17, 15) is 14.4 Å². The molecular formula is C47H90O6. The summed E-state index contributed by atoms with van der Waals surface area (Å²) in [6.45, 7) is 8.96. The SMILES string of the molecule is CCCCCCCCCCCCC(=O)OC[C@@H](COC(=O)CCCCCCCCCCCCCCCCCC(C)C)OC(=O)CCCCCCCCC. The maximum absolute atomic E-state index is 12.6. The van der Waals surface area contributed by atoms with Crippen LogP contribution in [-0.2, 0) is 28.6 Å². The molecule has 314 valence electrons. The van der Waals surface area contributed by atoms with E-state index in [1.54, 1.807) is 0 Å². The Kier molecular flexibility index (Phi) is 40.3. The highest BCUT2D eigenvalue weighted by molar-refractivity contribution is 5.71. The van der Waals surface area contributed by atoms with Crippen LogP contribution in [0.1, 0.15) is 259 Å². The minimum atomic E-state index is -0.757. The van der Waals surface area contributed by atoms with Crippen molar-refractivity contribution in [3.8, 4) is 0 Å². The van der Waals surface area contributed by atoms with Gasteiger partial charge in [-0.25, -0.2) is 0 Å². The van der Waals surface area contributed by atoms with Crippen LogP contribution in [0.4, 0.5) is 0 Å². The number of rotatable bonds is 42. The maximum Gasteiger partial charge on any atom is 0.306 e. The minimum absolute atomic E-state index is 0.0641. The molecule has 0 fully saturated rings. The van der Waals surface area contributed by atoms with Crippen molar-refractivity contribution >= 4 is 17.9 Å². The molecule has 0 amide bonds. The number of unbranched alkanes of at least 4 members (excludes halogenated alkanes) is 29. The number of carbonyl (C=O) groups is 3. The molecule has 0 heterocycles. The Labute approximate surface area is 329 Å². The normalized spacial score (nSPS) is 11.9. The highest BCUT2D eigenvalue weighted by Crippen LogP contribution is 2.16. The van der Waals surface area contributed by atoms with Crippen molar-refractivity contribution in [1.29, 1.82) is 0 Å². The van der Waals surface area contributed by atoms with Crippen LogP contribution in [-0.4, -0.2) is 37.2 Å². The first-order chi connectivity index (χ1) is 25.9. The molecule has 0 saturated carbocycles. The summed E-state index contributed by atoms with van der Waals surface area (Å²) in [5, 5.41) is 0. The van der Waals surface area contributed by atoms with Crippen LogP contribution < -0.4 is 0 Å². The minimum Gasteiger partial charge on any atom is -0.462 e. The van der Waals surface area contributed by atoms with Gasteiger partial charge in [-0.05, 0) is 25.2 Å². The Morgan fingerprint density at radius 3 is 0.925 bits per heavy atom. The Hall–Kier alpha value is -1.59. The lowest BCUT2D eigenvalue weighted by atomic mass is 10.0. The van der Waals surface area contributed by atoms with E-state index in [2.05, 4.69) is 27.7 Å². The molecule has 0 unspecified atom stereocenters. The summed E-state index contributed by atoms with van der Waals surface area (Å²) in [4.78, 5) is 37.6. The summed E-state index contributed by atoms with van der Waals surface area (Å²) >= 11 is 0. The highest BCUT2D eigenvalue weighted by atomic mass is 16.6. The van der Waals surface area contributed by atoms with Gasteiger partial charge >= 0.3 is 17.9 Å². The zero-order chi connectivity index (χ0) is 38.9. The van der Waals surface area contributed by atoms with Gasteiger partial charge in [-0.1, -0.05) is 220 Å². The molecule has 0 saturated heterocycles. The van der Waals surface area contributed by atoms with Gasteiger partial charge in [0.15, 0.2) is 6.10 Å². The van der Waals surface area contributed by atoms with Crippen molar-refractivity contribution in [2.45, 2.75) is 265 Å². The van der Waals surface area contributed by atoms with Crippen molar-refractivity contribution < 1.29 is 28.6 Å². The number of carbonyl (C=O) groups excluding carboxylic acids is 3. The average molecular weight is 751 g/mol. The molecule has 0 aliphatic carbocycles. The van der Waals surface area contributed by atoms with Gasteiger partial charge in [0, 0.05) is 19.3 Å². The molecule has 0 aliphatic heterocycles. The molecule has 0 aromatic heterocycles. The second-order valence-electron chi connectivity index (χ2n) is 16.5. The predicted octanol–water partition coefficient (Wildman–Crippen LogP) is 14.7. The quantitative estimate of drug-likeness (QED) is 0.0351. The molecule has 0 bridgehead atoms. The molecule has 0 aromatic carbocycles. The molecule has 6 nitrogen and oxygen atoms in total. The molecule has 1 atom stereocenters. The molecule has 0 aromatic rings. The zero-order valence-electron chi connectivity index (χ0n) is 36.0. The smallest absolute Gasteiger partial charge is 0.306 e. The lowest BCUT2D eigenvalue weighted by Crippen LogP contribution is -2.30. The van der Waals surface area contributed by atoms with Crippen LogP contribution >= 0.6 is 0 Å². The van der Waals surface area contributed by atoms with Gasteiger partial charge in [0.05, 0.1) is 0 Å². The Balaban J connectivity index is 4.15. The van der Waals surface area contributed by atoms with Gasteiger partial charge in [0.1, 0.15) is 13.2 Å². The lowest BCUT2D eigenvalue weighted by molar-refractivity contribution is -0.167. The van der Waals surface area contributed by atoms with Gasteiger partial charge in [-0.2, -0.15) is 0 Å². The van der Waals surface area contributed by atoms with Crippen molar-refractivity contribution in [3.05, 3.63) is 0 Å². The maximum atomic E-state index is 12.6. The third kappa shape index (κ3) is 41.4. The molecule has 0 rings (SSSR count). The molecule has 0 radical (unpaired) electrons. The topological polar surface area (TPSA) is 78.9 Å². The second-order valence-corrected chi connectivity index (χ2v) is 16.5. The monoisotopic (exact) mass is 751 g/mol. The van der Waals surface area contributed by atoms with Crippen molar-refractivity contribution in [3.63, 3.8) is 0 Å². The standard InChI is InChI=1S/C47H90O6/c1-5-7-9-11-13-14-23-27-30-34-38-45(48)51-41-44(53-47(50)40-36-32-25-12-10-8-6-2)42-52-46(49)39-35-31-28-24-21-19-17-15-16-18-20-22-26-29-33-37-43(3)4/h43-44H,5-42H2,1-4H3/t44-/m0/s1. The van der Waals surface area contributed by atoms with Crippen LogP contribution in [0, 0.1) is 5.92 Å². The number of hydrogen-bond donors (Lipinski definition) is 0. The zero-order valence-corrected chi connectivity index (χ0v) is 36.0. The van der Waals surface area contributed by atoms with E-state index in [4.69, 9.17) is 14.2 Å². The summed E-state index contributed by atoms with van der Waals surface area (Å²) in [6.07, 6.45) is 41.0. The molecule has 6 heteroatoms. The summed E-state index contributed by atoms with van der Waals surface area (Å²) in [5.41, 5.74) is 0. The van der Waals surface area contributed by atoms with E-state index in [0.717, 1.165) is 63.7 Å². The Bertz CT molecular complexity index is 796. The van der Waals surface area contributed by atoms with E-state index in [1.165, 1.54) is 154 Å². The molecule has 0 aliphatic rings. The number of ether oxygens (including phenoxy) is 3. The van der Waals surface area contributed by atoms with E-state index >= 15 is 0 Å².